The number of hydrogen-bond donors (Lipinski definition) is 1. The van der Waals surface area contributed by atoms with Crippen LogP contribution in [0.3, 0.4) is 0 Å². The number of piperidine rings is 1. The Labute approximate surface area is 190 Å². The van der Waals surface area contributed by atoms with Gasteiger partial charge in [-0.1, -0.05) is 30.0 Å². The van der Waals surface area contributed by atoms with Crippen LogP contribution in [0.15, 0.2) is 53.7 Å². The summed E-state index contributed by atoms with van der Waals surface area (Å²) in [6.45, 7) is 3.18. The number of halogens is 1. The second-order valence-electron chi connectivity index (χ2n) is 7.59. The summed E-state index contributed by atoms with van der Waals surface area (Å²) < 4.78 is 16.4. The molecule has 4 rings (SSSR count). The first-order valence-corrected chi connectivity index (χ1v) is 11.5. The molecule has 2 aromatic carbocycles. The summed E-state index contributed by atoms with van der Waals surface area (Å²) in [5, 5.41) is 11.9. The zero-order valence-electron chi connectivity index (χ0n) is 17.8. The number of thioether (sulfide) groups is 1. The average Bonchev–Trinajstić information content (AvgIpc) is 3.22. The molecule has 7 nitrogen and oxygen atoms in total. The van der Waals surface area contributed by atoms with Crippen LogP contribution in [0.25, 0.3) is 5.69 Å². The molecule has 0 spiro atoms. The van der Waals surface area contributed by atoms with Gasteiger partial charge in [0.2, 0.25) is 11.9 Å². The third kappa shape index (κ3) is 4.99. The predicted molar refractivity (Wildman–Crippen MR) is 123 cm³/mol. The Kier molecular flexibility index (Phi) is 6.84. The van der Waals surface area contributed by atoms with E-state index < -0.39 is 5.82 Å². The number of aromatic nitrogens is 3. The molecule has 1 aliphatic heterocycles. The molecule has 32 heavy (non-hydrogen) atoms. The monoisotopic (exact) mass is 453 g/mol. The highest BCUT2D eigenvalue weighted by atomic mass is 32.2. The molecule has 166 valence electrons. The van der Waals surface area contributed by atoms with Crippen molar-refractivity contribution in [2.24, 2.45) is 0 Å². The minimum absolute atomic E-state index is 0.0152. The van der Waals surface area contributed by atoms with Gasteiger partial charge in [-0.15, -0.1) is 10.2 Å². The van der Waals surface area contributed by atoms with Crippen LogP contribution in [0.4, 0.5) is 16.0 Å². The molecule has 0 radical (unpaired) electrons. The molecule has 1 aliphatic rings. The smallest absolute Gasteiger partial charge is 0.232 e. The minimum atomic E-state index is -0.666. The number of hydrogen-bond acceptors (Lipinski definition) is 6. The van der Waals surface area contributed by atoms with Gasteiger partial charge in [0.1, 0.15) is 5.82 Å². The third-order valence-electron chi connectivity index (χ3n) is 5.19. The van der Waals surface area contributed by atoms with Crippen molar-refractivity contribution >= 4 is 35.1 Å². The van der Waals surface area contributed by atoms with Crippen LogP contribution < -0.4 is 10.2 Å². The van der Waals surface area contributed by atoms with E-state index in [1.807, 2.05) is 34.9 Å². The van der Waals surface area contributed by atoms with E-state index in [1.165, 1.54) is 37.2 Å². The summed E-state index contributed by atoms with van der Waals surface area (Å²) in [4.78, 5) is 26.1. The van der Waals surface area contributed by atoms with E-state index in [0.717, 1.165) is 43.6 Å². The van der Waals surface area contributed by atoms with E-state index >= 15 is 0 Å². The van der Waals surface area contributed by atoms with Gasteiger partial charge in [0.05, 0.1) is 17.0 Å². The summed E-state index contributed by atoms with van der Waals surface area (Å²) in [7, 11) is 0. The summed E-state index contributed by atoms with van der Waals surface area (Å²) in [6.07, 6.45) is 3.42. The Morgan fingerprint density at radius 1 is 1.06 bits per heavy atom. The molecular formula is C23H24FN5O2S. The molecule has 0 saturated carbocycles. The van der Waals surface area contributed by atoms with Crippen molar-refractivity contribution in [1.82, 2.24) is 14.8 Å². The zero-order chi connectivity index (χ0) is 22.5. The Bertz CT molecular complexity index is 1110. The van der Waals surface area contributed by atoms with Crippen molar-refractivity contribution in [3.8, 4) is 5.69 Å². The van der Waals surface area contributed by atoms with E-state index in [9.17, 15) is 14.0 Å². The number of nitrogens with one attached hydrogen (secondary N) is 1. The number of carbonyl (C=O) groups is 2. The fourth-order valence-electron chi connectivity index (χ4n) is 3.69. The van der Waals surface area contributed by atoms with E-state index in [1.54, 1.807) is 0 Å². The van der Waals surface area contributed by atoms with Gasteiger partial charge in [0, 0.05) is 25.7 Å². The van der Waals surface area contributed by atoms with Gasteiger partial charge in [-0.2, -0.15) is 0 Å². The van der Waals surface area contributed by atoms with Gasteiger partial charge >= 0.3 is 0 Å². The third-order valence-corrected chi connectivity index (χ3v) is 6.12. The lowest BCUT2D eigenvalue weighted by Gasteiger charge is -2.27. The number of benzene rings is 2. The fourth-order valence-corrected chi connectivity index (χ4v) is 4.52. The molecule has 0 atom stereocenters. The molecule has 1 fully saturated rings. The highest BCUT2D eigenvalue weighted by Crippen LogP contribution is 2.29. The summed E-state index contributed by atoms with van der Waals surface area (Å²) >= 11 is 1.23. The fraction of sp³-hybridized carbons (Fsp3) is 0.304. The Balaban J connectivity index is 1.55. The lowest BCUT2D eigenvalue weighted by atomic mass is 10.1. The first kappa shape index (κ1) is 22.0. The molecule has 2 heterocycles. The molecule has 9 heteroatoms. The van der Waals surface area contributed by atoms with E-state index in [0.29, 0.717) is 10.8 Å². The van der Waals surface area contributed by atoms with Crippen LogP contribution in [0.5, 0.6) is 0 Å². The van der Waals surface area contributed by atoms with Crippen molar-refractivity contribution in [3.05, 3.63) is 59.9 Å². The maximum atomic E-state index is 14.4. The van der Waals surface area contributed by atoms with E-state index in [4.69, 9.17) is 0 Å². The van der Waals surface area contributed by atoms with Crippen molar-refractivity contribution in [2.45, 2.75) is 31.3 Å². The number of para-hydroxylation sites is 1. The number of nitrogens with zero attached hydrogens (tertiary/aromatic N) is 4. The van der Waals surface area contributed by atoms with Crippen LogP contribution in [-0.2, 0) is 4.79 Å². The predicted octanol–water partition coefficient (Wildman–Crippen LogP) is 4.33. The van der Waals surface area contributed by atoms with Crippen molar-refractivity contribution in [3.63, 3.8) is 0 Å². The van der Waals surface area contributed by atoms with Crippen molar-refractivity contribution in [2.75, 3.05) is 29.1 Å². The minimum Gasteiger partial charge on any atom is -0.341 e. The zero-order valence-corrected chi connectivity index (χ0v) is 18.6. The SMILES string of the molecule is CC(=O)Nc1ccc(C(=O)CSc2nnc(N3CCCCC3)n2-c2ccccc2)c(F)c1. The summed E-state index contributed by atoms with van der Waals surface area (Å²) in [5.74, 6) is -0.550. The van der Waals surface area contributed by atoms with Gasteiger partial charge in [0.15, 0.2) is 10.9 Å². The standard InChI is InChI=1S/C23H24FN5O2S/c1-16(30)25-17-10-11-19(20(24)14-17)21(31)15-32-23-27-26-22(28-12-6-3-7-13-28)29(23)18-8-4-2-5-9-18/h2,4-5,8-11,14H,3,6-7,12-13,15H2,1H3,(H,25,30). The van der Waals surface area contributed by atoms with Crippen LogP contribution in [-0.4, -0.2) is 45.3 Å². The molecule has 0 aliphatic carbocycles. The van der Waals surface area contributed by atoms with Gasteiger partial charge in [-0.05, 0) is 49.6 Å². The average molecular weight is 454 g/mol. The van der Waals surface area contributed by atoms with Gasteiger partial charge < -0.3 is 10.2 Å². The maximum Gasteiger partial charge on any atom is 0.232 e. The topological polar surface area (TPSA) is 80.1 Å². The number of carbonyl (C=O) groups excluding carboxylic acids is 2. The van der Waals surface area contributed by atoms with Crippen molar-refractivity contribution < 1.29 is 14.0 Å². The second kappa shape index (κ2) is 9.95. The number of anilines is 2. The first-order chi connectivity index (χ1) is 15.5. The largest absolute Gasteiger partial charge is 0.341 e. The van der Waals surface area contributed by atoms with E-state index in [-0.39, 0.29) is 23.0 Å². The van der Waals surface area contributed by atoms with Gasteiger partial charge in [0.25, 0.3) is 0 Å². The molecule has 3 aromatic rings. The Hall–Kier alpha value is -3.20. The molecule has 1 N–H and O–H groups in total. The highest BCUT2D eigenvalue weighted by molar-refractivity contribution is 7.99. The normalized spacial score (nSPS) is 13.8. The van der Waals surface area contributed by atoms with Crippen LogP contribution >= 0.6 is 11.8 Å². The second-order valence-corrected chi connectivity index (χ2v) is 8.53. The van der Waals surface area contributed by atoms with Gasteiger partial charge in [-0.3, -0.25) is 14.2 Å². The lowest BCUT2D eigenvalue weighted by Crippen LogP contribution is -2.31. The Morgan fingerprint density at radius 3 is 2.50 bits per heavy atom. The molecular weight excluding hydrogens is 429 g/mol. The molecule has 1 amide bonds. The first-order valence-electron chi connectivity index (χ1n) is 10.5. The van der Waals surface area contributed by atoms with Gasteiger partial charge in [-0.25, -0.2) is 4.39 Å². The quantitative estimate of drug-likeness (QED) is 0.424. The number of Topliss-reactive ketones (excluding diaryl/α,β-unsaturated/α-hetero) is 1. The maximum absolute atomic E-state index is 14.4. The summed E-state index contributed by atoms with van der Waals surface area (Å²) in [5.41, 5.74) is 1.21. The molecule has 1 aromatic heterocycles. The molecule has 0 bridgehead atoms. The van der Waals surface area contributed by atoms with Crippen LogP contribution in [0, 0.1) is 5.82 Å². The van der Waals surface area contributed by atoms with Crippen LogP contribution in [0.1, 0.15) is 36.5 Å². The van der Waals surface area contributed by atoms with E-state index in [2.05, 4.69) is 20.4 Å². The summed E-state index contributed by atoms with van der Waals surface area (Å²) in [6, 6.07) is 13.8. The van der Waals surface area contributed by atoms with Crippen LogP contribution in [0.2, 0.25) is 0 Å². The molecule has 1 saturated heterocycles. The van der Waals surface area contributed by atoms with Crippen molar-refractivity contribution in [1.29, 1.82) is 0 Å². The number of ketones is 1. The lowest BCUT2D eigenvalue weighted by molar-refractivity contribution is -0.114. The Morgan fingerprint density at radius 2 is 1.81 bits per heavy atom. The number of amides is 1. The number of rotatable bonds is 7. The molecule has 0 unspecified atom stereocenters. The highest BCUT2D eigenvalue weighted by Gasteiger charge is 2.22.